The number of carbonyl (C=O) groups is 1. The molecular formula is C33H33N3O4. The van der Waals surface area contributed by atoms with Gasteiger partial charge in [-0.25, -0.2) is 0 Å². The first kappa shape index (κ1) is 25.8. The summed E-state index contributed by atoms with van der Waals surface area (Å²) in [6, 6.07) is 20.2. The van der Waals surface area contributed by atoms with Gasteiger partial charge in [0.15, 0.2) is 0 Å². The molecule has 2 aliphatic rings. The minimum atomic E-state index is -0.690. The third-order valence-electron chi connectivity index (χ3n) is 8.23. The number of rotatable bonds is 6. The van der Waals surface area contributed by atoms with Crippen LogP contribution in [0.15, 0.2) is 60.7 Å². The van der Waals surface area contributed by atoms with Crippen LogP contribution >= 0.6 is 0 Å². The molecule has 1 amide bonds. The Kier molecular flexibility index (Phi) is 7.08. The number of ether oxygens (including phenoxy) is 2. The van der Waals surface area contributed by atoms with E-state index in [4.69, 9.17) is 9.47 Å². The Balaban J connectivity index is 1.40. The van der Waals surface area contributed by atoms with E-state index in [1.165, 1.54) is 35.9 Å². The van der Waals surface area contributed by atoms with Gasteiger partial charge in [-0.15, -0.1) is 0 Å². The van der Waals surface area contributed by atoms with Crippen molar-refractivity contribution in [2.75, 3.05) is 13.7 Å². The van der Waals surface area contributed by atoms with Gasteiger partial charge in [0.05, 0.1) is 25.4 Å². The number of phenolic OH excluding ortho intramolecular Hbond substituents is 1. The van der Waals surface area contributed by atoms with Gasteiger partial charge in [-0.2, -0.15) is 5.26 Å². The Morgan fingerprint density at radius 1 is 1.12 bits per heavy atom. The number of aromatic hydroxyl groups is 1. The van der Waals surface area contributed by atoms with Crippen LogP contribution in [-0.2, 0) is 13.0 Å². The summed E-state index contributed by atoms with van der Waals surface area (Å²) in [6.45, 7) is 1.18. The van der Waals surface area contributed by atoms with Crippen molar-refractivity contribution in [2.24, 2.45) is 0 Å². The summed E-state index contributed by atoms with van der Waals surface area (Å²) >= 11 is 0. The van der Waals surface area contributed by atoms with Crippen LogP contribution in [0.1, 0.15) is 59.5 Å². The van der Waals surface area contributed by atoms with Gasteiger partial charge in [0, 0.05) is 34.5 Å². The molecule has 1 atom stereocenters. The molecule has 1 aromatic heterocycles. The number of hydrogen-bond donors (Lipinski definition) is 2. The molecular weight excluding hydrogens is 502 g/mol. The number of benzene rings is 3. The minimum absolute atomic E-state index is 0.167. The Labute approximate surface area is 234 Å². The summed E-state index contributed by atoms with van der Waals surface area (Å²) < 4.78 is 14.0. The lowest BCUT2D eigenvalue weighted by Gasteiger charge is -2.23. The van der Waals surface area contributed by atoms with Gasteiger partial charge >= 0.3 is 0 Å². The zero-order valence-corrected chi connectivity index (χ0v) is 22.7. The standard InChI is InChI=1S/C33H33N3O4/c1-39-26-12-14-28-30(19-26)40-16-15-36-29-18-23(9-13-27(29)31(32(28)36)22-5-3-2-4-6-22)33(38)35-24(20-34)17-21-7-10-25(37)11-8-21/h7-14,18-19,22,24,37H,2-6,15-17H2,1H3,(H,35,38)/t24-/m0/s1. The largest absolute Gasteiger partial charge is 0.508 e. The molecule has 2 heterocycles. The highest BCUT2D eigenvalue weighted by atomic mass is 16.5. The lowest BCUT2D eigenvalue weighted by molar-refractivity contribution is 0.0945. The van der Waals surface area contributed by atoms with Crippen LogP contribution in [-0.4, -0.2) is 35.3 Å². The highest BCUT2D eigenvalue weighted by Gasteiger charge is 2.30. The second-order valence-electron chi connectivity index (χ2n) is 10.7. The van der Waals surface area contributed by atoms with Crippen molar-refractivity contribution in [1.82, 2.24) is 9.88 Å². The molecule has 0 spiro atoms. The number of hydrogen-bond acceptors (Lipinski definition) is 5. The van der Waals surface area contributed by atoms with Crippen LogP contribution in [0.25, 0.3) is 22.2 Å². The zero-order chi connectivity index (χ0) is 27.6. The maximum Gasteiger partial charge on any atom is 0.252 e. The molecule has 0 bridgehead atoms. The topological polar surface area (TPSA) is 96.5 Å². The van der Waals surface area contributed by atoms with Crippen LogP contribution in [0, 0.1) is 11.3 Å². The van der Waals surface area contributed by atoms with E-state index in [0.717, 1.165) is 41.0 Å². The maximum atomic E-state index is 13.4. The first-order valence-corrected chi connectivity index (χ1v) is 14.0. The number of fused-ring (bicyclic) bond motifs is 5. The number of nitrogens with one attached hydrogen (secondary N) is 1. The monoisotopic (exact) mass is 535 g/mol. The predicted octanol–water partition coefficient (Wildman–Crippen LogP) is 6.33. The quantitative estimate of drug-likeness (QED) is 0.301. The normalized spacial score (nSPS) is 15.7. The first-order chi connectivity index (χ1) is 19.6. The Morgan fingerprint density at radius 2 is 1.93 bits per heavy atom. The highest BCUT2D eigenvalue weighted by molar-refractivity contribution is 6.01. The number of nitriles is 1. The van der Waals surface area contributed by atoms with Crippen LogP contribution in [0.3, 0.4) is 0 Å². The Bertz CT molecular complexity index is 1590. The lowest BCUT2D eigenvalue weighted by atomic mass is 9.81. The van der Waals surface area contributed by atoms with Crippen molar-refractivity contribution in [3.63, 3.8) is 0 Å². The van der Waals surface area contributed by atoms with Crippen molar-refractivity contribution in [2.45, 2.75) is 57.0 Å². The Hall–Kier alpha value is -4.44. The molecule has 1 aliphatic heterocycles. The second kappa shape index (κ2) is 11.0. The van der Waals surface area contributed by atoms with Gasteiger partial charge in [-0.05, 0) is 66.3 Å². The van der Waals surface area contributed by atoms with Crippen molar-refractivity contribution >= 4 is 16.8 Å². The molecule has 204 valence electrons. The van der Waals surface area contributed by atoms with Gasteiger partial charge < -0.3 is 24.5 Å². The van der Waals surface area contributed by atoms with Crippen LogP contribution in [0.5, 0.6) is 17.2 Å². The van der Waals surface area contributed by atoms with E-state index in [9.17, 15) is 15.2 Å². The van der Waals surface area contributed by atoms with Gasteiger partial charge in [0.2, 0.25) is 0 Å². The molecule has 1 fully saturated rings. The van der Waals surface area contributed by atoms with Crippen LogP contribution in [0.2, 0.25) is 0 Å². The maximum absolute atomic E-state index is 13.4. The molecule has 7 nitrogen and oxygen atoms in total. The predicted molar refractivity (Wildman–Crippen MR) is 154 cm³/mol. The summed E-state index contributed by atoms with van der Waals surface area (Å²) in [7, 11) is 1.66. The average molecular weight is 536 g/mol. The van der Waals surface area contributed by atoms with E-state index in [1.807, 2.05) is 24.3 Å². The minimum Gasteiger partial charge on any atom is -0.508 e. The van der Waals surface area contributed by atoms with Gasteiger partial charge in [-0.1, -0.05) is 37.5 Å². The molecule has 1 saturated carbocycles. The number of methoxy groups -OCH3 is 1. The SMILES string of the molecule is COc1ccc2c(c1)OCCn1c-2c(C2CCCCC2)c2ccc(C(=O)N[C@H](C#N)Cc3ccc(O)cc3)cc21. The van der Waals surface area contributed by atoms with Crippen molar-refractivity contribution in [1.29, 1.82) is 5.26 Å². The molecule has 4 aromatic rings. The van der Waals surface area contributed by atoms with E-state index < -0.39 is 6.04 Å². The van der Waals surface area contributed by atoms with Crippen LogP contribution in [0.4, 0.5) is 0 Å². The number of phenols is 1. The fraction of sp³-hybridized carbons (Fsp3) is 0.333. The Morgan fingerprint density at radius 3 is 2.67 bits per heavy atom. The fourth-order valence-corrected chi connectivity index (χ4v) is 6.27. The first-order valence-electron chi connectivity index (χ1n) is 14.0. The number of aromatic nitrogens is 1. The molecule has 1 aliphatic carbocycles. The smallest absolute Gasteiger partial charge is 0.252 e. The van der Waals surface area contributed by atoms with Crippen molar-refractivity contribution in [3.8, 4) is 34.6 Å². The summed E-state index contributed by atoms with van der Waals surface area (Å²) in [6.07, 6.45) is 6.38. The molecule has 6 rings (SSSR count). The van der Waals surface area contributed by atoms with Gasteiger partial charge in [-0.3, -0.25) is 4.79 Å². The van der Waals surface area contributed by atoms with Gasteiger partial charge in [0.25, 0.3) is 5.91 Å². The molecule has 0 unspecified atom stereocenters. The number of nitrogens with zero attached hydrogens (tertiary/aromatic N) is 2. The molecule has 7 heteroatoms. The van der Waals surface area contributed by atoms with E-state index in [1.54, 1.807) is 31.4 Å². The molecule has 0 saturated heterocycles. The molecule has 2 N–H and O–H groups in total. The zero-order valence-electron chi connectivity index (χ0n) is 22.7. The summed E-state index contributed by atoms with van der Waals surface area (Å²) in [5, 5.41) is 23.4. The van der Waals surface area contributed by atoms with Crippen molar-refractivity contribution in [3.05, 3.63) is 77.4 Å². The highest BCUT2D eigenvalue weighted by Crippen LogP contribution is 2.47. The molecule has 0 radical (unpaired) electrons. The van der Waals surface area contributed by atoms with Gasteiger partial charge in [0.1, 0.15) is 29.9 Å². The van der Waals surface area contributed by atoms with Crippen molar-refractivity contribution < 1.29 is 19.4 Å². The summed E-state index contributed by atoms with van der Waals surface area (Å²) in [5.74, 6) is 1.93. The van der Waals surface area contributed by atoms with Crippen LogP contribution < -0.4 is 14.8 Å². The number of amides is 1. The summed E-state index contributed by atoms with van der Waals surface area (Å²) in [5.41, 5.74) is 5.98. The average Bonchev–Trinajstić information content (AvgIpc) is 3.19. The van der Waals surface area contributed by atoms with E-state index >= 15 is 0 Å². The molecule has 3 aromatic carbocycles. The molecule has 40 heavy (non-hydrogen) atoms. The third kappa shape index (κ3) is 4.86. The third-order valence-corrected chi connectivity index (χ3v) is 8.23. The fourth-order valence-electron chi connectivity index (χ4n) is 6.27. The summed E-state index contributed by atoms with van der Waals surface area (Å²) in [4.78, 5) is 13.4. The number of carbonyl (C=O) groups excluding carboxylic acids is 1. The van der Waals surface area contributed by atoms with E-state index in [-0.39, 0.29) is 11.7 Å². The lowest BCUT2D eigenvalue weighted by Crippen LogP contribution is -2.35. The van der Waals surface area contributed by atoms with E-state index in [2.05, 4.69) is 28.1 Å². The second-order valence-corrected chi connectivity index (χ2v) is 10.7. The van der Waals surface area contributed by atoms with E-state index in [0.29, 0.717) is 31.1 Å².